The van der Waals surface area contributed by atoms with Crippen LogP contribution >= 0.6 is 11.3 Å². The van der Waals surface area contributed by atoms with Crippen LogP contribution in [-0.2, 0) is 16.0 Å². The molecule has 176 valence electrons. The van der Waals surface area contributed by atoms with E-state index in [0.29, 0.717) is 18.7 Å². The van der Waals surface area contributed by atoms with Crippen LogP contribution in [-0.4, -0.2) is 54.1 Å². The highest BCUT2D eigenvalue weighted by Crippen LogP contribution is 2.35. The van der Waals surface area contributed by atoms with E-state index in [-0.39, 0.29) is 12.6 Å². The Morgan fingerprint density at radius 1 is 1.09 bits per heavy atom. The van der Waals surface area contributed by atoms with Crippen molar-refractivity contribution in [1.29, 1.82) is 0 Å². The smallest absolute Gasteiger partial charge is 0.304 e. The zero-order valence-corrected chi connectivity index (χ0v) is 20.6. The molecule has 1 N–H and O–H groups in total. The normalized spacial score (nSPS) is 10.9. The highest BCUT2D eigenvalue weighted by molar-refractivity contribution is 7.19. The Bertz CT molecular complexity index is 1310. The largest absolute Gasteiger partial charge is 0.444 e. The second-order valence-corrected chi connectivity index (χ2v) is 9.36. The van der Waals surface area contributed by atoms with E-state index in [0.717, 1.165) is 37.6 Å². The fourth-order valence-electron chi connectivity index (χ4n) is 3.68. The van der Waals surface area contributed by atoms with Gasteiger partial charge in [0.1, 0.15) is 5.69 Å². The fraction of sp³-hybridized carbons (Fsp3) is 0.269. The number of aromatic amines is 1. The lowest BCUT2D eigenvalue weighted by molar-refractivity contribution is -0.144. The zero-order valence-electron chi connectivity index (χ0n) is 19.8. The number of aromatic nitrogens is 2. The van der Waals surface area contributed by atoms with Crippen LogP contribution in [0.15, 0.2) is 54.7 Å². The number of aryl methyl sites for hydroxylation is 1. The van der Waals surface area contributed by atoms with Crippen molar-refractivity contribution < 1.29 is 14.3 Å². The molecule has 8 heteroatoms. The second-order valence-electron chi connectivity index (χ2n) is 8.38. The van der Waals surface area contributed by atoms with Crippen LogP contribution in [0.2, 0.25) is 0 Å². The first-order valence-electron chi connectivity index (χ1n) is 11.1. The van der Waals surface area contributed by atoms with Crippen LogP contribution in [0.25, 0.3) is 21.3 Å². The van der Waals surface area contributed by atoms with Crippen LogP contribution in [0.3, 0.4) is 0 Å². The molecule has 0 fully saturated rings. The maximum Gasteiger partial charge on any atom is 0.304 e. The first-order valence-corrected chi connectivity index (χ1v) is 11.9. The Labute approximate surface area is 203 Å². The number of ether oxygens (including phenoxy) is 1. The second kappa shape index (κ2) is 10.1. The number of anilines is 1. The van der Waals surface area contributed by atoms with E-state index >= 15 is 0 Å². The molecule has 1 amide bonds. The molecule has 2 aromatic heterocycles. The Hall–Kier alpha value is -3.65. The Morgan fingerprint density at radius 3 is 2.53 bits per heavy atom. The molecule has 4 aromatic rings. The van der Waals surface area contributed by atoms with Crippen molar-refractivity contribution in [3.63, 3.8) is 0 Å². The fourth-order valence-corrected chi connectivity index (χ4v) is 4.67. The summed E-state index contributed by atoms with van der Waals surface area (Å²) in [6, 6.07) is 16.1. The van der Waals surface area contributed by atoms with E-state index in [1.807, 2.05) is 74.6 Å². The standard InChI is InChI=1S/C26H28N4O3S/c1-17-9-11-19(12-10-17)24-23(28-26(34-24)29(3)4)25(32)30(16-33-18(2)31)14-13-20-15-27-22-8-6-5-7-21(20)22/h5-12,15,27H,13-14,16H2,1-4H3. The van der Waals surface area contributed by atoms with Crippen molar-refractivity contribution >= 4 is 39.2 Å². The van der Waals surface area contributed by atoms with E-state index in [9.17, 15) is 9.59 Å². The lowest BCUT2D eigenvalue weighted by atomic mass is 10.1. The average Bonchev–Trinajstić information content (AvgIpc) is 3.44. The van der Waals surface area contributed by atoms with Gasteiger partial charge in [0.15, 0.2) is 11.9 Å². The molecule has 0 spiro atoms. The highest BCUT2D eigenvalue weighted by Gasteiger charge is 2.26. The number of carbonyl (C=O) groups excluding carboxylic acids is 2. The van der Waals surface area contributed by atoms with Crippen molar-refractivity contribution in [3.8, 4) is 10.4 Å². The molecule has 0 aliphatic rings. The summed E-state index contributed by atoms with van der Waals surface area (Å²) in [6.45, 7) is 3.63. The molecule has 0 aliphatic heterocycles. The molecule has 0 radical (unpaired) electrons. The summed E-state index contributed by atoms with van der Waals surface area (Å²) in [4.78, 5) is 37.4. The van der Waals surface area contributed by atoms with Gasteiger partial charge in [-0.05, 0) is 30.5 Å². The molecule has 0 unspecified atom stereocenters. The lowest BCUT2D eigenvalue weighted by Gasteiger charge is -2.21. The summed E-state index contributed by atoms with van der Waals surface area (Å²) in [7, 11) is 3.80. The molecule has 0 bridgehead atoms. The zero-order chi connectivity index (χ0) is 24.2. The van der Waals surface area contributed by atoms with Crippen LogP contribution < -0.4 is 4.90 Å². The van der Waals surface area contributed by atoms with Gasteiger partial charge in [-0.15, -0.1) is 0 Å². The van der Waals surface area contributed by atoms with E-state index in [1.165, 1.54) is 18.3 Å². The van der Waals surface area contributed by atoms with E-state index < -0.39 is 5.97 Å². The average molecular weight is 477 g/mol. The van der Waals surface area contributed by atoms with Gasteiger partial charge < -0.3 is 19.5 Å². The molecular weight excluding hydrogens is 448 g/mol. The van der Waals surface area contributed by atoms with Gasteiger partial charge in [0.25, 0.3) is 5.91 Å². The molecule has 2 aromatic carbocycles. The quantitative estimate of drug-likeness (QED) is 0.290. The number of esters is 1. The number of nitrogens with one attached hydrogen (secondary N) is 1. The van der Waals surface area contributed by atoms with Crippen LogP contribution in [0.5, 0.6) is 0 Å². The summed E-state index contributed by atoms with van der Waals surface area (Å²) in [5.41, 5.74) is 4.59. The Morgan fingerprint density at radius 2 is 1.82 bits per heavy atom. The van der Waals surface area contributed by atoms with E-state index in [1.54, 1.807) is 4.90 Å². The third-order valence-electron chi connectivity index (χ3n) is 5.55. The number of hydrogen-bond donors (Lipinski definition) is 1. The summed E-state index contributed by atoms with van der Waals surface area (Å²) >= 11 is 1.47. The van der Waals surface area contributed by atoms with Gasteiger partial charge >= 0.3 is 5.97 Å². The minimum Gasteiger partial charge on any atom is -0.444 e. The molecular formula is C26H28N4O3S. The number of nitrogens with zero attached hydrogens (tertiary/aromatic N) is 3. The highest BCUT2D eigenvalue weighted by atomic mass is 32.1. The van der Waals surface area contributed by atoms with Crippen LogP contribution in [0, 0.1) is 6.92 Å². The van der Waals surface area contributed by atoms with Gasteiger partial charge in [-0.3, -0.25) is 9.59 Å². The summed E-state index contributed by atoms with van der Waals surface area (Å²) < 4.78 is 5.24. The van der Waals surface area contributed by atoms with Crippen LogP contribution in [0.1, 0.15) is 28.5 Å². The summed E-state index contributed by atoms with van der Waals surface area (Å²) in [6.07, 6.45) is 2.57. The van der Waals surface area contributed by atoms with E-state index in [4.69, 9.17) is 4.74 Å². The molecule has 2 heterocycles. The third kappa shape index (κ3) is 5.12. The predicted molar refractivity (Wildman–Crippen MR) is 136 cm³/mol. The number of rotatable bonds is 8. The number of fused-ring (bicyclic) bond motifs is 1. The lowest BCUT2D eigenvalue weighted by Crippen LogP contribution is -2.36. The number of thiazole rings is 1. The Kier molecular flexibility index (Phi) is 6.98. The first-order chi connectivity index (χ1) is 16.3. The molecule has 0 saturated carbocycles. The van der Waals surface area contributed by atoms with Gasteiger partial charge in [-0.1, -0.05) is 59.4 Å². The number of amides is 1. The van der Waals surface area contributed by atoms with Crippen LogP contribution in [0.4, 0.5) is 5.13 Å². The molecule has 4 rings (SSSR count). The van der Waals surface area contributed by atoms with Crippen molar-refractivity contribution in [3.05, 3.63) is 71.5 Å². The summed E-state index contributed by atoms with van der Waals surface area (Å²) in [5.74, 6) is -0.697. The predicted octanol–water partition coefficient (Wildman–Crippen LogP) is 4.87. The minimum absolute atomic E-state index is 0.126. The van der Waals surface area contributed by atoms with Crippen molar-refractivity contribution in [1.82, 2.24) is 14.9 Å². The monoisotopic (exact) mass is 476 g/mol. The van der Waals surface area contributed by atoms with Crippen molar-refractivity contribution in [2.24, 2.45) is 0 Å². The van der Waals surface area contributed by atoms with Crippen molar-refractivity contribution in [2.45, 2.75) is 20.3 Å². The molecule has 0 saturated heterocycles. The maximum atomic E-state index is 13.7. The number of hydrogen-bond acceptors (Lipinski definition) is 6. The molecule has 34 heavy (non-hydrogen) atoms. The molecule has 7 nitrogen and oxygen atoms in total. The van der Waals surface area contributed by atoms with Gasteiger partial charge in [-0.2, -0.15) is 0 Å². The van der Waals surface area contributed by atoms with E-state index in [2.05, 4.69) is 16.0 Å². The SMILES string of the molecule is CC(=O)OCN(CCc1c[nH]c2ccccc12)C(=O)c1nc(N(C)C)sc1-c1ccc(C)cc1. The molecule has 0 atom stereocenters. The Balaban J connectivity index is 1.65. The summed E-state index contributed by atoms with van der Waals surface area (Å²) in [5, 5.41) is 1.86. The maximum absolute atomic E-state index is 13.7. The van der Waals surface area contributed by atoms with Gasteiger partial charge in [0.05, 0.1) is 4.88 Å². The number of para-hydroxylation sites is 1. The molecule has 0 aliphatic carbocycles. The van der Waals surface area contributed by atoms with Crippen molar-refractivity contribution in [2.75, 3.05) is 32.3 Å². The third-order valence-corrected chi connectivity index (χ3v) is 6.82. The van der Waals surface area contributed by atoms with Gasteiger partial charge in [0.2, 0.25) is 0 Å². The number of carbonyl (C=O) groups is 2. The van der Waals surface area contributed by atoms with Gasteiger partial charge in [0, 0.05) is 44.7 Å². The minimum atomic E-state index is -0.434. The number of benzene rings is 2. The first kappa shape index (κ1) is 23.5. The topological polar surface area (TPSA) is 78.5 Å². The van der Waals surface area contributed by atoms with Gasteiger partial charge in [-0.25, -0.2) is 4.98 Å². The number of H-pyrrole nitrogens is 1.